The molecule has 1 N–H and O–H groups in total. The summed E-state index contributed by atoms with van der Waals surface area (Å²) in [4.78, 5) is 26.5. The predicted octanol–water partition coefficient (Wildman–Crippen LogP) is 1.79. The number of amides is 1. The molecule has 1 aliphatic heterocycles. The highest BCUT2D eigenvalue weighted by Gasteiger charge is 2.50. The third-order valence-corrected chi connectivity index (χ3v) is 4.73. The lowest BCUT2D eigenvalue weighted by molar-refractivity contribution is -0.151. The first-order valence-electron chi connectivity index (χ1n) is 8.13. The molecule has 0 radical (unpaired) electrons. The van der Waals surface area contributed by atoms with Crippen LogP contribution in [-0.2, 0) is 16.6 Å². The summed E-state index contributed by atoms with van der Waals surface area (Å²) in [7, 11) is 3.22. The fraction of sp³-hybridized carbons (Fsp3) is 0.389. The van der Waals surface area contributed by atoms with E-state index in [4.69, 9.17) is 4.74 Å². The van der Waals surface area contributed by atoms with Crippen LogP contribution in [0, 0.1) is 0 Å². The molecule has 1 aromatic heterocycles. The second kappa shape index (κ2) is 6.68. The summed E-state index contributed by atoms with van der Waals surface area (Å²) in [6.07, 6.45) is 2.51. The average Bonchev–Trinajstić information content (AvgIpc) is 3.20. The number of carbonyl (C=O) groups is 2. The smallest absolute Gasteiger partial charge is 0.332 e. The number of hydrogen-bond acceptors (Lipinski definition) is 4. The van der Waals surface area contributed by atoms with E-state index in [0.717, 1.165) is 5.56 Å². The van der Waals surface area contributed by atoms with Gasteiger partial charge >= 0.3 is 5.97 Å². The van der Waals surface area contributed by atoms with E-state index in [1.807, 2.05) is 30.3 Å². The minimum atomic E-state index is -1.32. The standard InChI is InChI=1S/C18H21N3O4/c1-20-15(13-7-4-3-5-8-13)14(11-19-20)16(22)21-10-6-9-18(21,12-25-2)17(23)24/h3-5,7-8,11H,6,9-10,12H2,1-2H3,(H,23,24). The zero-order valence-corrected chi connectivity index (χ0v) is 14.3. The number of methoxy groups -OCH3 is 1. The summed E-state index contributed by atoms with van der Waals surface area (Å²) in [5.41, 5.74) is 0.611. The van der Waals surface area contributed by atoms with Crippen molar-refractivity contribution in [2.45, 2.75) is 18.4 Å². The molecule has 1 fully saturated rings. The molecule has 1 aliphatic rings. The first kappa shape index (κ1) is 17.2. The number of benzene rings is 1. The van der Waals surface area contributed by atoms with Crippen LogP contribution in [0.3, 0.4) is 0 Å². The van der Waals surface area contributed by atoms with Gasteiger partial charge in [-0.05, 0) is 12.8 Å². The van der Waals surface area contributed by atoms with Crippen molar-refractivity contribution >= 4 is 11.9 Å². The summed E-state index contributed by atoms with van der Waals surface area (Å²) in [6, 6.07) is 9.47. The molecule has 7 nitrogen and oxygen atoms in total. The van der Waals surface area contributed by atoms with E-state index in [1.54, 1.807) is 11.7 Å². The van der Waals surface area contributed by atoms with E-state index in [2.05, 4.69) is 5.10 Å². The molecule has 2 aromatic rings. The molecule has 0 spiro atoms. The maximum Gasteiger partial charge on any atom is 0.332 e. The van der Waals surface area contributed by atoms with Gasteiger partial charge in [-0.2, -0.15) is 5.10 Å². The van der Waals surface area contributed by atoms with Gasteiger partial charge < -0.3 is 14.7 Å². The molecular formula is C18H21N3O4. The van der Waals surface area contributed by atoms with Crippen LogP contribution in [0.15, 0.2) is 36.5 Å². The molecule has 1 unspecified atom stereocenters. The topological polar surface area (TPSA) is 84.7 Å². The van der Waals surface area contributed by atoms with Crippen molar-refractivity contribution in [2.24, 2.45) is 7.05 Å². The van der Waals surface area contributed by atoms with E-state index in [0.29, 0.717) is 30.6 Å². The second-order valence-electron chi connectivity index (χ2n) is 6.23. The summed E-state index contributed by atoms with van der Waals surface area (Å²) in [5, 5.41) is 14.0. The number of carboxylic acid groups (broad SMARTS) is 1. The van der Waals surface area contributed by atoms with Crippen molar-refractivity contribution in [1.29, 1.82) is 0 Å². The van der Waals surface area contributed by atoms with Crippen molar-refractivity contribution in [1.82, 2.24) is 14.7 Å². The minimum absolute atomic E-state index is 0.0327. The fourth-order valence-electron chi connectivity index (χ4n) is 3.53. The van der Waals surface area contributed by atoms with E-state index >= 15 is 0 Å². The van der Waals surface area contributed by atoms with Gasteiger partial charge in [-0.1, -0.05) is 30.3 Å². The number of ether oxygens (including phenoxy) is 1. The third-order valence-electron chi connectivity index (χ3n) is 4.73. The number of carbonyl (C=O) groups excluding carboxylic acids is 1. The Balaban J connectivity index is 2.03. The zero-order chi connectivity index (χ0) is 18.0. The summed E-state index contributed by atoms with van der Waals surface area (Å²) < 4.78 is 6.77. The molecule has 0 bridgehead atoms. The van der Waals surface area contributed by atoms with Crippen molar-refractivity contribution in [3.8, 4) is 11.3 Å². The molecule has 7 heteroatoms. The van der Waals surface area contributed by atoms with Crippen molar-refractivity contribution in [2.75, 3.05) is 20.3 Å². The number of aliphatic carboxylic acids is 1. The Morgan fingerprint density at radius 2 is 2.04 bits per heavy atom. The van der Waals surface area contributed by atoms with Gasteiger partial charge in [0.05, 0.1) is 24.1 Å². The van der Waals surface area contributed by atoms with Crippen LogP contribution in [0.2, 0.25) is 0 Å². The quantitative estimate of drug-likeness (QED) is 0.895. The molecule has 1 atom stereocenters. The number of likely N-dealkylation sites (tertiary alicyclic amines) is 1. The van der Waals surface area contributed by atoms with Crippen molar-refractivity contribution in [3.63, 3.8) is 0 Å². The maximum atomic E-state index is 13.2. The van der Waals surface area contributed by atoms with Crippen LogP contribution in [0.25, 0.3) is 11.3 Å². The first-order chi connectivity index (χ1) is 12.0. The highest BCUT2D eigenvalue weighted by atomic mass is 16.5. The number of hydrogen-bond donors (Lipinski definition) is 1. The fourth-order valence-corrected chi connectivity index (χ4v) is 3.53. The molecule has 1 aromatic carbocycles. The SMILES string of the molecule is COCC1(C(=O)O)CCCN1C(=O)c1cnn(C)c1-c1ccccc1. The number of carboxylic acids is 1. The Labute approximate surface area is 145 Å². The van der Waals surface area contributed by atoms with Crippen LogP contribution >= 0.6 is 0 Å². The molecule has 1 saturated heterocycles. The van der Waals surface area contributed by atoms with Crippen LogP contribution < -0.4 is 0 Å². The van der Waals surface area contributed by atoms with Gasteiger partial charge in [-0.3, -0.25) is 9.48 Å². The highest BCUT2D eigenvalue weighted by molar-refractivity contribution is 6.02. The van der Waals surface area contributed by atoms with Gasteiger partial charge in [-0.15, -0.1) is 0 Å². The van der Waals surface area contributed by atoms with Gasteiger partial charge in [0, 0.05) is 26.3 Å². The molecule has 132 valence electrons. The second-order valence-corrected chi connectivity index (χ2v) is 6.23. The lowest BCUT2D eigenvalue weighted by Crippen LogP contribution is -2.56. The highest BCUT2D eigenvalue weighted by Crippen LogP contribution is 2.33. The van der Waals surface area contributed by atoms with Crippen LogP contribution in [-0.4, -0.2) is 57.5 Å². The van der Waals surface area contributed by atoms with Gasteiger partial charge in [0.15, 0.2) is 5.54 Å². The van der Waals surface area contributed by atoms with E-state index in [1.165, 1.54) is 18.2 Å². The van der Waals surface area contributed by atoms with Crippen molar-refractivity contribution in [3.05, 3.63) is 42.1 Å². The van der Waals surface area contributed by atoms with Gasteiger partial charge in [0.1, 0.15) is 0 Å². The monoisotopic (exact) mass is 343 g/mol. The predicted molar refractivity (Wildman–Crippen MR) is 91.2 cm³/mol. The number of aromatic nitrogens is 2. The van der Waals surface area contributed by atoms with Crippen LogP contribution in [0.5, 0.6) is 0 Å². The Kier molecular flexibility index (Phi) is 4.59. The Morgan fingerprint density at radius 3 is 2.68 bits per heavy atom. The Bertz CT molecular complexity index is 787. The van der Waals surface area contributed by atoms with E-state index in [-0.39, 0.29) is 12.5 Å². The lowest BCUT2D eigenvalue weighted by Gasteiger charge is -2.34. The van der Waals surface area contributed by atoms with Gasteiger partial charge in [-0.25, -0.2) is 4.79 Å². The molecular weight excluding hydrogens is 322 g/mol. The zero-order valence-electron chi connectivity index (χ0n) is 14.3. The Morgan fingerprint density at radius 1 is 1.32 bits per heavy atom. The number of rotatable bonds is 5. The summed E-state index contributed by atoms with van der Waals surface area (Å²) in [6.45, 7) is 0.354. The van der Waals surface area contributed by atoms with E-state index in [9.17, 15) is 14.7 Å². The number of nitrogens with zero attached hydrogens (tertiary/aromatic N) is 3. The molecule has 0 saturated carbocycles. The lowest BCUT2D eigenvalue weighted by atomic mass is 9.96. The average molecular weight is 343 g/mol. The molecule has 3 rings (SSSR count). The molecule has 1 amide bonds. The third kappa shape index (κ3) is 2.80. The van der Waals surface area contributed by atoms with Crippen LogP contribution in [0.4, 0.5) is 0 Å². The first-order valence-corrected chi connectivity index (χ1v) is 8.13. The molecule has 25 heavy (non-hydrogen) atoms. The molecule has 0 aliphatic carbocycles. The number of aryl methyl sites for hydroxylation is 1. The minimum Gasteiger partial charge on any atom is -0.479 e. The van der Waals surface area contributed by atoms with Gasteiger partial charge in [0.2, 0.25) is 0 Å². The van der Waals surface area contributed by atoms with Gasteiger partial charge in [0.25, 0.3) is 5.91 Å². The maximum absolute atomic E-state index is 13.2. The largest absolute Gasteiger partial charge is 0.479 e. The summed E-state index contributed by atoms with van der Waals surface area (Å²) >= 11 is 0. The van der Waals surface area contributed by atoms with Crippen LogP contribution in [0.1, 0.15) is 23.2 Å². The molecule has 2 heterocycles. The normalized spacial score (nSPS) is 20.0. The Hall–Kier alpha value is -2.67. The van der Waals surface area contributed by atoms with Crippen molar-refractivity contribution < 1.29 is 19.4 Å². The van der Waals surface area contributed by atoms with E-state index < -0.39 is 11.5 Å². The summed E-state index contributed by atoms with van der Waals surface area (Å²) in [5.74, 6) is -1.37.